The fourth-order valence-corrected chi connectivity index (χ4v) is 3.47. The van der Waals surface area contributed by atoms with Crippen LogP contribution in [0, 0.1) is 6.92 Å². The third-order valence-corrected chi connectivity index (χ3v) is 5.27. The summed E-state index contributed by atoms with van der Waals surface area (Å²) in [4.78, 5) is 12.2. The van der Waals surface area contributed by atoms with Gasteiger partial charge in [0.2, 0.25) is 0 Å². The zero-order valence-electron chi connectivity index (χ0n) is 14.3. The maximum Gasteiger partial charge on any atom is 0.261 e. The van der Waals surface area contributed by atoms with Crippen molar-refractivity contribution in [2.24, 2.45) is 0 Å². The number of sulfonamides is 1. The van der Waals surface area contributed by atoms with Crippen LogP contribution in [0.3, 0.4) is 0 Å². The second kappa shape index (κ2) is 7.81. The molecule has 0 bridgehead atoms. The Bertz CT molecular complexity index is 1040. The Morgan fingerprint density at radius 1 is 1.11 bits per heavy atom. The van der Waals surface area contributed by atoms with Crippen LogP contribution < -0.4 is 10.0 Å². The van der Waals surface area contributed by atoms with E-state index < -0.39 is 10.0 Å². The lowest BCUT2D eigenvalue weighted by Gasteiger charge is -2.09. The summed E-state index contributed by atoms with van der Waals surface area (Å²) >= 11 is 5.79. The molecule has 1 amide bonds. The highest BCUT2D eigenvalue weighted by atomic mass is 35.5. The molecule has 27 heavy (non-hydrogen) atoms. The summed E-state index contributed by atoms with van der Waals surface area (Å²) < 4.78 is 32.3. The third kappa shape index (κ3) is 4.87. The highest BCUT2D eigenvalue weighted by molar-refractivity contribution is 7.92. The summed E-state index contributed by atoms with van der Waals surface area (Å²) in [7, 11) is -3.77. The first-order valence-electron chi connectivity index (χ1n) is 7.92. The van der Waals surface area contributed by atoms with Gasteiger partial charge in [-0.1, -0.05) is 16.8 Å². The van der Waals surface area contributed by atoms with E-state index in [4.69, 9.17) is 16.1 Å². The molecule has 0 spiro atoms. The summed E-state index contributed by atoms with van der Waals surface area (Å²) in [6, 6.07) is 13.6. The number of halogens is 1. The predicted molar refractivity (Wildman–Crippen MR) is 101 cm³/mol. The number of nitrogens with one attached hydrogen (secondary N) is 2. The van der Waals surface area contributed by atoms with Gasteiger partial charge in [-0.25, -0.2) is 8.42 Å². The molecule has 7 nitrogen and oxygen atoms in total. The average molecular weight is 406 g/mol. The lowest BCUT2D eigenvalue weighted by molar-refractivity contribution is 0.0947. The predicted octanol–water partition coefficient (Wildman–Crippen LogP) is 3.37. The van der Waals surface area contributed by atoms with E-state index in [0.29, 0.717) is 22.0 Å². The Hall–Kier alpha value is -2.84. The Labute approximate surface area is 161 Å². The van der Waals surface area contributed by atoms with Crippen molar-refractivity contribution in [3.05, 3.63) is 76.6 Å². The highest BCUT2D eigenvalue weighted by Gasteiger charge is 2.15. The number of carbonyl (C=O) groups excluding carboxylic acids is 1. The van der Waals surface area contributed by atoms with Crippen molar-refractivity contribution in [3.8, 4) is 0 Å². The van der Waals surface area contributed by atoms with Crippen LogP contribution in [0.2, 0.25) is 5.02 Å². The maximum atomic E-state index is 12.4. The number of aryl methyl sites for hydroxylation is 1. The molecule has 0 unspecified atom stereocenters. The summed E-state index contributed by atoms with van der Waals surface area (Å²) in [6.07, 6.45) is 0. The maximum absolute atomic E-state index is 12.4. The fourth-order valence-electron chi connectivity index (χ4n) is 2.29. The van der Waals surface area contributed by atoms with Crippen molar-refractivity contribution in [1.82, 2.24) is 10.5 Å². The smallest absolute Gasteiger partial charge is 0.261 e. The Morgan fingerprint density at radius 2 is 1.78 bits per heavy atom. The van der Waals surface area contributed by atoms with Gasteiger partial charge in [-0.05, 0) is 55.5 Å². The lowest BCUT2D eigenvalue weighted by Crippen LogP contribution is -2.22. The molecule has 0 aliphatic carbocycles. The van der Waals surface area contributed by atoms with Crippen molar-refractivity contribution < 1.29 is 17.7 Å². The van der Waals surface area contributed by atoms with E-state index in [1.165, 1.54) is 24.3 Å². The van der Waals surface area contributed by atoms with E-state index in [0.717, 1.165) is 5.69 Å². The minimum atomic E-state index is -3.77. The highest BCUT2D eigenvalue weighted by Crippen LogP contribution is 2.19. The van der Waals surface area contributed by atoms with Crippen LogP contribution in [0.5, 0.6) is 0 Å². The molecule has 0 saturated heterocycles. The number of benzene rings is 2. The molecule has 1 aromatic heterocycles. The summed E-state index contributed by atoms with van der Waals surface area (Å²) in [5.41, 5.74) is 1.45. The van der Waals surface area contributed by atoms with Gasteiger partial charge < -0.3 is 9.84 Å². The standard InChI is InChI=1S/C18H16ClN3O4S/c1-12-10-16(26-21-12)11-20-18(23)13-2-8-17(9-3-13)27(24,25)22-15-6-4-14(19)5-7-15/h2-10,22H,11H2,1H3,(H,20,23). The van der Waals surface area contributed by atoms with E-state index >= 15 is 0 Å². The van der Waals surface area contributed by atoms with E-state index in [-0.39, 0.29) is 17.3 Å². The molecular formula is C18H16ClN3O4S. The van der Waals surface area contributed by atoms with Gasteiger partial charge in [0.1, 0.15) is 0 Å². The van der Waals surface area contributed by atoms with Gasteiger partial charge >= 0.3 is 0 Å². The number of hydrogen-bond donors (Lipinski definition) is 2. The first-order chi connectivity index (χ1) is 12.8. The minimum absolute atomic E-state index is 0.0415. The summed E-state index contributed by atoms with van der Waals surface area (Å²) in [6.45, 7) is 1.98. The average Bonchev–Trinajstić information content (AvgIpc) is 3.07. The Balaban J connectivity index is 1.66. The van der Waals surface area contributed by atoms with Crippen molar-refractivity contribution in [2.45, 2.75) is 18.4 Å². The van der Waals surface area contributed by atoms with Crippen LogP contribution in [0.25, 0.3) is 0 Å². The molecule has 3 rings (SSSR count). The van der Waals surface area contributed by atoms with Crippen LogP contribution in [0.4, 0.5) is 5.69 Å². The largest absolute Gasteiger partial charge is 0.359 e. The van der Waals surface area contributed by atoms with Crippen molar-refractivity contribution >= 4 is 33.2 Å². The van der Waals surface area contributed by atoms with E-state index in [1.807, 2.05) is 0 Å². The zero-order chi connectivity index (χ0) is 19.4. The van der Waals surface area contributed by atoms with Crippen LogP contribution in [-0.4, -0.2) is 19.5 Å². The van der Waals surface area contributed by atoms with Gasteiger partial charge in [0.25, 0.3) is 15.9 Å². The normalized spacial score (nSPS) is 11.2. The summed E-state index contributed by atoms with van der Waals surface area (Å²) in [5, 5.41) is 6.93. The van der Waals surface area contributed by atoms with Crippen LogP contribution in [0.15, 0.2) is 64.0 Å². The molecule has 0 atom stereocenters. The lowest BCUT2D eigenvalue weighted by atomic mass is 10.2. The molecule has 0 saturated carbocycles. The van der Waals surface area contributed by atoms with Crippen LogP contribution in [-0.2, 0) is 16.6 Å². The minimum Gasteiger partial charge on any atom is -0.359 e. The topological polar surface area (TPSA) is 101 Å². The molecule has 0 aliphatic heterocycles. The molecule has 140 valence electrons. The van der Waals surface area contributed by atoms with E-state index in [9.17, 15) is 13.2 Å². The van der Waals surface area contributed by atoms with Gasteiger partial charge in [0.15, 0.2) is 5.76 Å². The van der Waals surface area contributed by atoms with Crippen molar-refractivity contribution in [2.75, 3.05) is 4.72 Å². The van der Waals surface area contributed by atoms with Crippen molar-refractivity contribution in [1.29, 1.82) is 0 Å². The second-order valence-corrected chi connectivity index (χ2v) is 7.87. The van der Waals surface area contributed by atoms with E-state index in [1.54, 1.807) is 37.3 Å². The van der Waals surface area contributed by atoms with Gasteiger partial charge in [0, 0.05) is 22.3 Å². The fraction of sp³-hybridized carbons (Fsp3) is 0.111. The number of rotatable bonds is 6. The van der Waals surface area contributed by atoms with Crippen LogP contribution in [0.1, 0.15) is 21.8 Å². The van der Waals surface area contributed by atoms with Crippen LogP contribution >= 0.6 is 11.6 Å². The van der Waals surface area contributed by atoms with Crippen molar-refractivity contribution in [3.63, 3.8) is 0 Å². The third-order valence-electron chi connectivity index (χ3n) is 3.62. The molecule has 2 N–H and O–H groups in total. The zero-order valence-corrected chi connectivity index (χ0v) is 15.8. The number of amides is 1. The molecule has 0 fully saturated rings. The molecule has 0 radical (unpaired) electrons. The molecule has 1 heterocycles. The first-order valence-corrected chi connectivity index (χ1v) is 9.78. The Morgan fingerprint density at radius 3 is 2.37 bits per heavy atom. The van der Waals surface area contributed by atoms with Gasteiger partial charge in [-0.2, -0.15) is 0 Å². The van der Waals surface area contributed by atoms with E-state index in [2.05, 4.69) is 15.2 Å². The Kier molecular flexibility index (Phi) is 5.48. The molecule has 9 heteroatoms. The molecule has 3 aromatic rings. The monoisotopic (exact) mass is 405 g/mol. The molecule has 0 aliphatic rings. The first kappa shape index (κ1) is 18.9. The van der Waals surface area contributed by atoms with Gasteiger partial charge in [-0.3, -0.25) is 9.52 Å². The molecular weight excluding hydrogens is 390 g/mol. The number of aromatic nitrogens is 1. The summed E-state index contributed by atoms with van der Waals surface area (Å²) in [5.74, 6) is 0.186. The number of hydrogen-bond acceptors (Lipinski definition) is 5. The number of nitrogens with zero attached hydrogens (tertiary/aromatic N) is 1. The number of anilines is 1. The van der Waals surface area contributed by atoms with Gasteiger partial charge in [0.05, 0.1) is 17.1 Å². The van der Waals surface area contributed by atoms with Gasteiger partial charge in [-0.15, -0.1) is 0 Å². The quantitative estimate of drug-likeness (QED) is 0.654. The number of carbonyl (C=O) groups is 1. The molecule has 2 aromatic carbocycles. The SMILES string of the molecule is Cc1cc(CNC(=O)c2ccc(S(=O)(=O)Nc3ccc(Cl)cc3)cc2)on1. The second-order valence-electron chi connectivity index (χ2n) is 5.75.